The van der Waals surface area contributed by atoms with Crippen molar-refractivity contribution in [1.29, 1.82) is 0 Å². The van der Waals surface area contributed by atoms with Crippen molar-refractivity contribution in [2.24, 2.45) is 0 Å². The van der Waals surface area contributed by atoms with Gasteiger partial charge in [-0.2, -0.15) is 0 Å². The molecule has 1 saturated heterocycles. The number of hydrogen-bond donors (Lipinski definition) is 0. The molecule has 1 fully saturated rings. The monoisotopic (exact) mass is 299 g/mol. The Labute approximate surface area is 130 Å². The molecular formula is C18H21NOS. The van der Waals surface area contributed by atoms with Gasteiger partial charge in [0, 0.05) is 29.8 Å². The van der Waals surface area contributed by atoms with Crippen LogP contribution in [0.25, 0.3) is 0 Å². The SMILES string of the molecule is CC1CC(c2ccccc2)CN1C(=O)CCc1cccs1. The van der Waals surface area contributed by atoms with Gasteiger partial charge in [-0.1, -0.05) is 36.4 Å². The lowest BCUT2D eigenvalue weighted by Crippen LogP contribution is -2.34. The highest BCUT2D eigenvalue weighted by Gasteiger charge is 2.32. The van der Waals surface area contributed by atoms with E-state index in [2.05, 4.69) is 47.5 Å². The highest BCUT2D eigenvalue weighted by atomic mass is 32.1. The van der Waals surface area contributed by atoms with Crippen molar-refractivity contribution < 1.29 is 4.79 Å². The number of carbonyl (C=O) groups is 1. The van der Waals surface area contributed by atoms with E-state index in [0.717, 1.165) is 19.4 Å². The summed E-state index contributed by atoms with van der Waals surface area (Å²) in [5.41, 5.74) is 1.36. The Morgan fingerprint density at radius 2 is 2.05 bits per heavy atom. The molecule has 2 unspecified atom stereocenters. The summed E-state index contributed by atoms with van der Waals surface area (Å²) in [6.07, 6.45) is 2.58. The second kappa shape index (κ2) is 6.44. The second-order valence-corrected chi connectivity index (χ2v) is 6.85. The first-order chi connectivity index (χ1) is 10.2. The van der Waals surface area contributed by atoms with E-state index in [1.807, 2.05) is 12.1 Å². The largest absolute Gasteiger partial charge is 0.339 e. The minimum Gasteiger partial charge on any atom is -0.339 e. The summed E-state index contributed by atoms with van der Waals surface area (Å²) in [5.74, 6) is 0.793. The molecule has 0 saturated carbocycles. The van der Waals surface area contributed by atoms with Crippen LogP contribution in [-0.4, -0.2) is 23.4 Å². The molecule has 2 heterocycles. The van der Waals surface area contributed by atoms with E-state index < -0.39 is 0 Å². The first-order valence-electron chi connectivity index (χ1n) is 7.61. The number of likely N-dealkylation sites (tertiary alicyclic amines) is 1. The minimum atomic E-state index is 0.300. The van der Waals surface area contributed by atoms with Gasteiger partial charge in [0.05, 0.1) is 0 Å². The van der Waals surface area contributed by atoms with Gasteiger partial charge in [-0.3, -0.25) is 4.79 Å². The lowest BCUT2D eigenvalue weighted by molar-refractivity contribution is -0.131. The number of aryl methyl sites for hydroxylation is 1. The van der Waals surface area contributed by atoms with Gasteiger partial charge in [-0.05, 0) is 36.8 Å². The van der Waals surface area contributed by atoms with Gasteiger partial charge in [-0.25, -0.2) is 0 Å². The molecule has 0 spiro atoms. The number of thiophene rings is 1. The van der Waals surface area contributed by atoms with Gasteiger partial charge in [0.25, 0.3) is 0 Å². The Hall–Kier alpha value is -1.61. The highest BCUT2D eigenvalue weighted by Crippen LogP contribution is 2.32. The summed E-state index contributed by atoms with van der Waals surface area (Å²) in [7, 11) is 0. The van der Waals surface area contributed by atoms with E-state index in [9.17, 15) is 4.79 Å². The third kappa shape index (κ3) is 3.35. The van der Waals surface area contributed by atoms with E-state index in [1.54, 1.807) is 11.3 Å². The summed E-state index contributed by atoms with van der Waals surface area (Å²) < 4.78 is 0. The van der Waals surface area contributed by atoms with Crippen LogP contribution in [0.1, 0.15) is 36.1 Å². The molecule has 2 nitrogen and oxygen atoms in total. The van der Waals surface area contributed by atoms with Crippen LogP contribution >= 0.6 is 11.3 Å². The summed E-state index contributed by atoms with van der Waals surface area (Å²) in [6.45, 7) is 3.04. The zero-order valence-corrected chi connectivity index (χ0v) is 13.2. The van der Waals surface area contributed by atoms with Gasteiger partial charge < -0.3 is 4.90 Å². The molecule has 0 radical (unpaired) electrons. The summed E-state index contributed by atoms with van der Waals surface area (Å²) in [5, 5.41) is 2.07. The predicted octanol–water partition coefficient (Wildman–Crippen LogP) is 4.09. The Morgan fingerprint density at radius 3 is 2.76 bits per heavy atom. The molecule has 2 aromatic rings. The smallest absolute Gasteiger partial charge is 0.223 e. The zero-order chi connectivity index (χ0) is 14.7. The van der Waals surface area contributed by atoms with Gasteiger partial charge in [0.2, 0.25) is 5.91 Å². The van der Waals surface area contributed by atoms with E-state index in [1.165, 1.54) is 10.4 Å². The van der Waals surface area contributed by atoms with Crippen LogP contribution in [0.2, 0.25) is 0 Å². The van der Waals surface area contributed by atoms with Gasteiger partial charge in [-0.15, -0.1) is 11.3 Å². The summed E-state index contributed by atoms with van der Waals surface area (Å²) in [6, 6.07) is 15.1. The van der Waals surface area contributed by atoms with E-state index in [0.29, 0.717) is 24.3 Å². The lowest BCUT2D eigenvalue weighted by Gasteiger charge is -2.21. The fraction of sp³-hybridized carbons (Fsp3) is 0.389. The highest BCUT2D eigenvalue weighted by molar-refractivity contribution is 7.09. The molecule has 1 aromatic heterocycles. The molecule has 3 rings (SSSR count). The van der Waals surface area contributed by atoms with Gasteiger partial charge >= 0.3 is 0 Å². The fourth-order valence-corrected chi connectivity index (χ4v) is 3.88. The number of rotatable bonds is 4. The van der Waals surface area contributed by atoms with Crippen LogP contribution in [0, 0.1) is 0 Å². The quantitative estimate of drug-likeness (QED) is 0.833. The van der Waals surface area contributed by atoms with Crippen molar-refractivity contribution in [1.82, 2.24) is 4.90 Å². The molecule has 1 aliphatic heterocycles. The molecule has 110 valence electrons. The van der Waals surface area contributed by atoms with Crippen LogP contribution in [0.3, 0.4) is 0 Å². The van der Waals surface area contributed by atoms with Gasteiger partial charge in [0.15, 0.2) is 0 Å². The molecule has 1 amide bonds. The first-order valence-corrected chi connectivity index (χ1v) is 8.49. The van der Waals surface area contributed by atoms with Crippen molar-refractivity contribution in [3.05, 3.63) is 58.3 Å². The number of nitrogens with zero attached hydrogens (tertiary/aromatic N) is 1. The molecule has 2 atom stereocenters. The second-order valence-electron chi connectivity index (χ2n) is 5.82. The maximum absolute atomic E-state index is 12.5. The minimum absolute atomic E-state index is 0.300. The van der Waals surface area contributed by atoms with Crippen molar-refractivity contribution in [2.75, 3.05) is 6.54 Å². The Morgan fingerprint density at radius 1 is 1.24 bits per heavy atom. The molecule has 0 bridgehead atoms. The summed E-state index contributed by atoms with van der Waals surface area (Å²) in [4.78, 5) is 15.8. The average Bonchev–Trinajstić information content (AvgIpc) is 3.15. The number of carbonyl (C=O) groups excluding carboxylic acids is 1. The maximum Gasteiger partial charge on any atom is 0.223 e. The maximum atomic E-state index is 12.5. The Balaban J connectivity index is 1.59. The topological polar surface area (TPSA) is 20.3 Å². The van der Waals surface area contributed by atoms with Crippen LogP contribution in [0.4, 0.5) is 0 Å². The Kier molecular flexibility index (Phi) is 4.39. The first kappa shape index (κ1) is 14.3. The molecule has 1 aromatic carbocycles. The third-order valence-corrected chi connectivity index (χ3v) is 5.27. The number of benzene rings is 1. The van der Waals surface area contributed by atoms with Crippen molar-refractivity contribution in [3.8, 4) is 0 Å². The third-order valence-electron chi connectivity index (χ3n) is 4.33. The zero-order valence-electron chi connectivity index (χ0n) is 12.4. The van der Waals surface area contributed by atoms with Crippen LogP contribution in [0.5, 0.6) is 0 Å². The lowest BCUT2D eigenvalue weighted by atomic mass is 9.97. The van der Waals surface area contributed by atoms with E-state index >= 15 is 0 Å². The van der Waals surface area contributed by atoms with E-state index in [-0.39, 0.29) is 0 Å². The standard InChI is InChI=1S/C18H21NOS/c1-14-12-16(15-6-3-2-4-7-15)13-19(14)18(20)10-9-17-8-5-11-21-17/h2-8,11,14,16H,9-10,12-13H2,1H3. The average molecular weight is 299 g/mol. The van der Waals surface area contributed by atoms with Crippen LogP contribution in [0.15, 0.2) is 47.8 Å². The molecular weight excluding hydrogens is 278 g/mol. The number of amides is 1. The molecule has 1 aliphatic rings. The van der Waals surface area contributed by atoms with Crippen molar-refractivity contribution >= 4 is 17.2 Å². The molecule has 21 heavy (non-hydrogen) atoms. The Bertz CT molecular complexity index is 579. The van der Waals surface area contributed by atoms with Gasteiger partial charge in [0.1, 0.15) is 0 Å². The van der Waals surface area contributed by atoms with E-state index in [4.69, 9.17) is 0 Å². The molecule has 3 heteroatoms. The van der Waals surface area contributed by atoms with Crippen molar-refractivity contribution in [2.45, 2.75) is 38.1 Å². The summed E-state index contributed by atoms with van der Waals surface area (Å²) >= 11 is 1.73. The van der Waals surface area contributed by atoms with Crippen LogP contribution in [-0.2, 0) is 11.2 Å². The normalized spacial score (nSPS) is 21.7. The fourth-order valence-electron chi connectivity index (χ4n) is 3.17. The predicted molar refractivity (Wildman–Crippen MR) is 87.6 cm³/mol. The molecule has 0 N–H and O–H groups in total. The van der Waals surface area contributed by atoms with Crippen LogP contribution < -0.4 is 0 Å². The number of hydrogen-bond acceptors (Lipinski definition) is 2. The van der Waals surface area contributed by atoms with Crippen molar-refractivity contribution in [3.63, 3.8) is 0 Å². The molecule has 0 aliphatic carbocycles.